The van der Waals surface area contributed by atoms with Crippen LogP contribution in [0.4, 0.5) is 4.39 Å². The highest BCUT2D eigenvalue weighted by Gasteiger charge is 2.13. The molecule has 0 unspecified atom stereocenters. The molecule has 0 fully saturated rings. The number of hydrogen-bond donors (Lipinski definition) is 2. The van der Waals surface area contributed by atoms with Crippen LogP contribution < -0.4 is 5.32 Å². The Morgan fingerprint density at radius 3 is 2.71 bits per heavy atom. The van der Waals surface area contributed by atoms with E-state index < -0.39 is 5.82 Å². The van der Waals surface area contributed by atoms with Gasteiger partial charge in [0.15, 0.2) is 0 Å². The van der Waals surface area contributed by atoms with Gasteiger partial charge in [-0.15, -0.1) is 5.10 Å². The maximum absolute atomic E-state index is 14.6. The Bertz CT molecular complexity index is 828. The van der Waals surface area contributed by atoms with Crippen molar-refractivity contribution in [3.05, 3.63) is 65.8 Å². The van der Waals surface area contributed by atoms with E-state index in [1.165, 1.54) is 18.3 Å². The first-order valence-corrected chi connectivity index (χ1v) is 7.30. The van der Waals surface area contributed by atoms with Gasteiger partial charge >= 0.3 is 0 Å². The third-order valence-corrected chi connectivity index (χ3v) is 3.55. The topological polar surface area (TPSA) is 70.4 Å². The Kier molecular flexibility index (Phi) is 5.42. The predicted molar refractivity (Wildman–Crippen MR) is 93.6 cm³/mol. The maximum Gasteiger partial charge on any atom is 0.231 e. The van der Waals surface area contributed by atoms with E-state index in [0.29, 0.717) is 22.4 Å². The number of likely N-dealkylation sites (N-methyl/N-ethyl adjacent to an activating group) is 1. The van der Waals surface area contributed by atoms with Crippen LogP contribution in [-0.2, 0) is 0 Å². The SMILES string of the molecule is C=C(/C=C\C(=N/C)c1cc(F)c(-c2cnnc(O)c2)cc1C)NC. The summed E-state index contributed by atoms with van der Waals surface area (Å²) < 4.78 is 14.6. The molecule has 0 aliphatic carbocycles. The molecule has 6 heteroatoms. The summed E-state index contributed by atoms with van der Waals surface area (Å²) in [5.74, 6) is -0.678. The molecule has 1 aromatic heterocycles. The molecule has 24 heavy (non-hydrogen) atoms. The van der Waals surface area contributed by atoms with Gasteiger partial charge in [-0.25, -0.2) is 4.39 Å². The van der Waals surface area contributed by atoms with E-state index in [2.05, 4.69) is 27.1 Å². The Morgan fingerprint density at radius 2 is 2.08 bits per heavy atom. The van der Waals surface area contributed by atoms with Crippen molar-refractivity contribution in [2.24, 2.45) is 4.99 Å². The highest BCUT2D eigenvalue weighted by Crippen LogP contribution is 2.27. The molecule has 0 amide bonds. The molecule has 0 bridgehead atoms. The highest BCUT2D eigenvalue weighted by atomic mass is 19.1. The number of benzene rings is 1. The van der Waals surface area contributed by atoms with Crippen LogP contribution in [0.25, 0.3) is 11.1 Å². The lowest BCUT2D eigenvalue weighted by Crippen LogP contribution is -2.05. The standard InChI is InChI=1S/C18H19FN4O/c1-11-7-15(13-8-18(24)23-22-10-13)16(19)9-14(11)17(21-4)6-5-12(2)20-3/h5-10,20H,2H2,1,3-4H3,(H,23,24)/b6-5-,21-17+. The Labute approximate surface area is 140 Å². The minimum Gasteiger partial charge on any atom is -0.492 e. The average molecular weight is 326 g/mol. The van der Waals surface area contributed by atoms with Crippen LogP contribution >= 0.6 is 0 Å². The molecular weight excluding hydrogens is 307 g/mol. The van der Waals surface area contributed by atoms with Gasteiger partial charge in [0.05, 0.1) is 11.9 Å². The molecule has 0 spiro atoms. The largest absolute Gasteiger partial charge is 0.492 e. The first-order chi connectivity index (χ1) is 11.5. The molecule has 0 saturated carbocycles. The highest BCUT2D eigenvalue weighted by molar-refractivity contribution is 6.10. The minimum atomic E-state index is -0.426. The normalized spacial score (nSPS) is 11.8. The second-order valence-electron chi connectivity index (χ2n) is 5.17. The molecule has 0 aliphatic rings. The average Bonchev–Trinajstić information content (AvgIpc) is 2.57. The van der Waals surface area contributed by atoms with Crippen LogP contribution in [0.2, 0.25) is 0 Å². The van der Waals surface area contributed by atoms with Crippen LogP contribution in [0.15, 0.2) is 53.8 Å². The van der Waals surface area contributed by atoms with Crippen LogP contribution in [0.3, 0.4) is 0 Å². The third kappa shape index (κ3) is 3.84. The van der Waals surface area contributed by atoms with Crippen molar-refractivity contribution in [1.29, 1.82) is 0 Å². The molecule has 1 heterocycles. The van der Waals surface area contributed by atoms with Gasteiger partial charge in [0.2, 0.25) is 5.88 Å². The van der Waals surface area contributed by atoms with Crippen molar-refractivity contribution in [3.63, 3.8) is 0 Å². The summed E-state index contributed by atoms with van der Waals surface area (Å²) in [4.78, 5) is 4.21. The monoisotopic (exact) mass is 326 g/mol. The minimum absolute atomic E-state index is 0.252. The van der Waals surface area contributed by atoms with Gasteiger partial charge in [-0.3, -0.25) is 4.99 Å². The molecule has 124 valence electrons. The number of halogens is 1. The third-order valence-electron chi connectivity index (χ3n) is 3.55. The zero-order chi connectivity index (χ0) is 17.7. The lowest BCUT2D eigenvalue weighted by Gasteiger charge is -2.11. The van der Waals surface area contributed by atoms with Gasteiger partial charge in [0.25, 0.3) is 0 Å². The van der Waals surface area contributed by atoms with Crippen molar-refractivity contribution < 1.29 is 9.50 Å². The molecule has 1 aromatic carbocycles. The van der Waals surface area contributed by atoms with Crippen molar-refractivity contribution >= 4 is 5.71 Å². The van der Waals surface area contributed by atoms with Gasteiger partial charge in [0.1, 0.15) is 5.82 Å². The summed E-state index contributed by atoms with van der Waals surface area (Å²) >= 11 is 0. The molecule has 2 aromatic rings. The van der Waals surface area contributed by atoms with Gasteiger partial charge in [-0.1, -0.05) is 6.58 Å². The number of allylic oxidation sites excluding steroid dienone is 2. The summed E-state index contributed by atoms with van der Waals surface area (Å²) in [7, 11) is 3.42. The molecule has 0 atom stereocenters. The van der Waals surface area contributed by atoms with Crippen molar-refractivity contribution in [2.75, 3.05) is 14.1 Å². The molecule has 5 nitrogen and oxygen atoms in total. The van der Waals surface area contributed by atoms with E-state index >= 15 is 0 Å². The number of aliphatic imine (C=N–C) groups is 1. The number of nitrogens with one attached hydrogen (secondary N) is 1. The quantitative estimate of drug-likeness (QED) is 0.654. The molecule has 2 rings (SSSR count). The summed E-state index contributed by atoms with van der Waals surface area (Å²) in [6, 6.07) is 4.50. The van der Waals surface area contributed by atoms with Crippen LogP contribution in [0, 0.1) is 12.7 Å². The zero-order valence-electron chi connectivity index (χ0n) is 13.8. The van der Waals surface area contributed by atoms with Crippen LogP contribution in [0.1, 0.15) is 11.1 Å². The van der Waals surface area contributed by atoms with Crippen LogP contribution in [-0.4, -0.2) is 35.1 Å². The number of hydrogen-bond acceptors (Lipinski definition) is 5. The van der Waals surface area contributed by atoms with E-state index in [9.17, 15) is 9.50 Å². The summed E-state index contributed by atoms with van der Waals surface area (Å²) in [5.41, 5.74) is 3.71. The zero-order valence-corrected chi connectivity index (χ0v) is 13.8. The first kappa shape index (κ1) is 17.3. The fraction of sp³-hybridized carbons (Fsp3) is 0.167. The fourth-order valence-electron chi connectivity index (χ4n) is 2.23. The van der Waals surface area contributed by atoms with E-state index in [4.69, 9.17) is 0 Å². The summed E-state index contributed by atoms with van der Waals surface area (Å²) in [6.07, 6.45) is 4.96. The van der Waals surface area contributed by atoms with Gasteiger partial charge < -0.3 is 10.4 Å². The van der Waals surface area contributed by atoms with Gasteiger partial charge in [-0.05, 0) is 36.8 Å². The Morgan fingerprint density at radius 1 is 1.33 bits per heavy atom. The fourth-order valence-corrected chi connectivity index (χ4v) is 2.23. The summed E-state index contributed by atoms with van der Waals surface area (Å²) in [6.45, 7) is 5.69. The van der Waals surface area contributed by atoms with Crippen LogP contribution in [0.5, 0.6) is 5.88 Å². The lowest BCUT2D eigenvalue weighted by molar-refractivity contribution is 0.445. The summed E-state index contributed by atoms with van der Waals surface area (Å²) in [5, 5.41) is 19.4. The van der Waals surface area contributed by atoms with Crippen molar-refractivity contribution in [2.45, 2.75) is 6.92 Å². The number of aromatic hydroxyl groups is 1. The second-order valence-corrected chi connectivity index (χ2v) is 5.17. The van der Waals surface area contributed by atoms with Gasteiger partial charge in [0, 0.05) is 42.5 Å². The van der Waals surface area contributed by atoms with E-state index in [1.807, 2.05) is 6.92 Å². The molecular formula is C18H19FN4O. The van der Waals surface area contributed by atoms with E-state index in [0.717, 1.165) is 11.3 Å². The first-order valence-electron chi connectivity index (χ1n) is 7.30. The second kappa shape index (κ2) is 7.50. The van der Waals surface area contributed by atoms with Gasteiger partial charge in [-0.2, -0.15) is 5.10 Å². The smallest absolute Gasteiger partial charge is 0.231 e. The maximum atomic E-state index is 14.6. The molecule has 0 radical (unpaired) electrons. The molecule has 0 saturated heterocycles. The molecule has 2 N–H and O–H groups in total. The van der Waals surface area contributed by atoms with E-state index in [-0.39, 0.29) is 5.88 Å². The predicted octanol–water partition coefficient (Wildman–Crippen LogP) is 3.00. The lowest BCUT2D eigenvalue weighted by atomic mass is 9.97. The number of nitrogens with zero attached hydrogens (tertiary/aromatic N) is 3. The number of aromatic nitrogens is 2. The Hall–Kier alpha value is -3.02. The van der Waals surface area contributed by atoms with E-state index in [1.54, 1.807) is 32.3 Å². The van der Waals surface area contributed by atoms with Crippen molar-refractivity contribution in [3.8, 4) is 17.0 Å². The number of aryl methyl sites for hydroxylation is 1. The molecule has 0 aliphatic heterocycles. The number of rotatable bonds is 5. The Balaban J connectivity index is 2.46. The van der Waals surface area contributed by atoms with Crippen molar-refractivity contribution in [1.82, 2.24) is 15.5 Å².